The van der Waals surface area contributed by atoms with Crippen molar-refractivity contribution in [3.05, 3.63) is 29.8 Å². The van der Waals surface area contributed by atoms with Crippen molar-refractivity contribution in [2.75, 3.05) is 25.0 Å². The van der Waals surface area contributed by atoms with Crippen LogP contribution in [0.3, 0.4) is 0 Å². The fraction of sp³-hybridized carbons (Fsp3) is 0.533. The molecule has 102 valence electrons. The highest BCUT2D eigenvalue weighted by Crippen LogP contribution is 2.28. The van der Waals surface area contributed by atoms with Gasteiger partial charge in [-0.15, -0.1) is 0 Å². The minimum absolute atomic E-state index is 0.00787. The molecule has 2 aliphatic rings. The maximum absolute atomic E-state index is 12.3. The molecule has 4 nitrogen and oxygen atoms in total. The molecule has 1 aromatic carbocycles. The van der Waals surface area contributed by atoms with Crippen molar-refractivity contribution in [2.45, 2.75) is 32.0 Å². The Morgan fingerprint density at radius 2 is 2.11 bits per heavy atom. The van der Waals surface area contributed by atoms with Crippen LogP contribution in [0.1, 0.15) is 18.9 Å². The highest BCUT2D eigenvalue weighted by Gasteiger charge is 2.36. The SMILES string of the molecule is CC1CN(C2CCN(C)C2=O)c2ccccc2CN1. The van der Waals surface area contributed by atoms with E-state index in [2.05, 4.69) is 41.4 Å². The number of likely N-dealkylation sites (tertiary alicyclic amines) is 1. The summed E-state index contributed by atoms with van der Waals surface area (Å²) < 4.78 is 0. The third-order valence-corrected chi connectivity index (χ3v) is 4.19. The minimum atomic E-state index is 0.00787. The largest absolute Gasteiger partial charge is 0.358 e. The molecule has 0 bridgehead atoms. The normalized spacial score (nSPS) is 27.4. The van der Waals surface area contributed by atoms with E-state index in [4.69, 9.17) is 0 Å². The first-order valence-electron chi connectivity index (χ1n) is 6.99. The topological polar surface area (TPSA) is 35.6 Å². The van der Waals surface area contributed by atoms with Crippen molar-refractivity contribution in [2.24, 2.45) is 0 Å². The molecule has 3 rings (SSSR count). The molecule has 0 saturated carbocycles. The van der Waals surface area contributed by atoms with Crippen LogP contribution < -0.4 is 10.2 Å². The van der Waals surface area contributed by atoms with E-state index in [-0.39, 0.29) is 11.9 Å². The number of anilines is 1. The van der Waals surface area contributed by atoms with Gasteiger partial charge in [0.1, 0.15) is 6.04 Å². The van der Waals surface area contributed by atoms with Crippen LogP contribution in [0, 0.1) is 0 Å². The van der Waals surface area contributed by atoms with Crippen molar-refractivity contribution >= 4 is 11.6 Å². The number of para-hydroxylation sites is 1. The predicted octanol–water partition coefficient (Wildman–Crippen LogP) is 1.22. The molecule has 1 saturated heterocycles. The number of nitrogens with zero attached hydrogens (tertiary/aromatic N) is 2. The summed E-state index contributed by atoms with van der Waals surface area (Å²) in [7, 11) is 1.90. The Hall–Kier alpha value is -1.55. The number of likely N-dealkylation sites (N-methyl/N-ethyl adjacent to an activating group) is 1. The second-order valence-corrected chi connectivity index (χ2v) is 5.63. The number of hydrogen-bond acceptors (Lipinski definition) is 3. The highest BCUT2D eigenvalue weighted by molar-refractivity contribution is 5.87. The molecule has 0 radical (unpaired) electrons. The zero-order valence-electron chi connectivity index (χ0n) is 11.6. The minimum Gasteiger partial charge on any atom is -0.358 e. The van der Waals surface area contributed by atoms with E-state index in [9.17, 15) is 4.79 Å². The number of carbonyl (C=O) groups is 1. The summed E-state index contributed by atoms with van der Waals surface area (Å²) in [5.41, 5.74) is 2.50. The lowest BCUT2D eigenvalue weighted by Crippen LogP contribution is -2.45. The lowest BCUT2D eigenvalue weighted by Gasteiger charge is -2.31. The number of rotatable bonds is 1. The van der Waals surface area contributed by atoms with Gasteiger partial charge in [-0.3, -0.25) is 4.79 Å². The molecule has 2 atom stereocenters. The van der Waals surface area contributed by atoms with Crippen LogP contribution in [0.25, 0.3) is 0 Å². The molecule has 0 aliphatic carbocycles. The van der Waals surface area contributed by atoms with Crippen molar-refractivity contribution in [3.8, 4) is 0 Å². The van der Waals surface area contributed by atoms with Crippen LogP contribution >= 0.6 is 0 Å². The number of hydrogen-bond donors (Lipinski definition) is 1. The quantitative estimate of drug-likeness (QED) is 0.823. The molecule has 2 aliphatic heterocycles. The molecule has 0 spiro atoms. The van der Waals surface area contributed by atoms with E-state index in [1.54, 1.807) is 0 Å². The third-order valence-electron chi connectivity index (χ3n) is 4.19. The van der Waals surface area contributed by atoms with E-state index in [0.717, 1.165) is 26.1 Å². The first-order chi connectivity index (χ1) is 9.16. The van der Waals surface area contributed by atoms with Crippen LogP contribution in [-0.4, -0.2) is 43.0 Å². The molecule has 1 fully saturated rings. The first-order valence-corrected chi connectivity index (χ1v) is 6.99. The summed E-state index contributed by atoms with van der Waals surface area (Å²) in [6.07, 6.45) is 0.927. The maximum atomic E-state index is 12.3. The number of fused-ring (bicyclic) bond motifs is 1. The average Bonchev–Trinajstić information content (AvgIpc) is 2.65. The molecule has 1 aromatic rings. The molecular weight excluding hydrogens is 238 g/mol. The van der Waals surface area contributed by atoms with Crippen molar-refractivity contribution < 1.29 is 4.79 Å². The van der Waals surface area contributed by atoms with Crippen LogP contribution in [0.5, 0.6) is 0 Å². The van der Waals surface area contributed by atoms with Crippen molar-refractivity contribution in [1.82, 2.24) is 10.2 Å². The average molecular weight is 259 g/mol. The first kappa shape index (κ1) is 12.5. The van der Waals surface area contributed by atoms with Gasteiger partial charge in [0.05, 0.1) is 0 Å². The van der Waals surface area contributed by atoms with E-state index in [1.807, 2.05) is 11.9 Å². The van der Waals surface area contributed by atoms with Crippen molar-refractivity contribution in [3.63, 3.8) is 0 Å². The van der Waals surface area contributed by atoms with Gasteiger partial charge in [0, 0.05) is 38.4 Å². The summed E-state index contributed by atoms with van der Waals surface area (Å²) in [5.74, 6) is 0.254. The van der Waals surface area contributed by atoms with Crippen LogP contribution in [0.4, 0.5) is 5.69 Å². The summed E-state index contributed by atoms with van der Waals surface area (Å²) in [5, 5.41) is 3.51. The molecule has 4 heteroatoms. The zero-order chi connectivity index (χ0) is 13.4. The Morgan fingerprint density at radius 3 is 2.84 bits per heavy atom. The van der Waals surface area contributed by atoms with Gasteiger partial charge in [0.25, 0.3) is 0 Å². The van der Waals surface area contributed by atoms with Gasteiger partial charge in [-0.05, 0) is 25.0 Å². The van der Waals surface area contributed by atoms with Crippen LogP contribution in [0.15, 0.2) is 24.3 Å². The second kappa shape index (κ2) is 4.85. The highest BCUT2D eigenvalue weighted by atomic mass is 16.2. The molecular formula is C15H21N3O. The van der Waals surface area contributed by atoms with Crippen molar-refractivity contribution in [1.29, 1.82) is 0 Å². The van der Waals surface area contributed by atoms with Gasteiger partial charge in [-0.1, -0.05) is 18.2 Å². The Morgan fingerprint density at radius 1 is 1.32 bits per heavy atom. The van der Waals surface area contributed by atoms with Gasteiger partial charge >= 0.3 is 0 Å². The van der Waals surface area contributed by atoms with Gasteiger partial charge in [0.2, 0.25) is 5.91 Å². The lowest BCUT2D eigenvalue weighted by molar-refractivity contribution is -0.127. The molecule has 2 unspecified atom stereocenters. The molecule has 1 amide bonds. The molecule has 19 heavy (non-hydrogen) atoms. The summed E-state index contributed by atoms with van der Waals surface area (Å²) in [6.45, 7) is 4.82. The Bertz CT molecular complexity index is 488. The lowest BCUT2D eigenvalue weighted by atomic mass is 10.1. The zero-order valence-corrected chi connectivity index (χ0v) is 11.6. The molecule has 1 N–H and O–H groups in total. The standard InChI is InChI=1S/C15H21N3O/c1-11-10-18(14-7-8-17(2)15(14)19)13-6-4-3-5-12(13)9-16-11/h3-6,11,14,16H,7-10H2,1-2H3. The number of nitrogens with one attached hydrogen (secondary N) is 1. The summed E-state index contributed by atoms with van der Waals surface area (Å²) in [6, 6.07) is 8.82. The molecule has 0 aromatic heterocycles. The number of amides is 1. The van der Waals surface area contributed by atoms with Crippen LogP contribution in [0.2, 0.25) is 0 Å². The summed E-state index contributed by atoms with van der Waals surface area (Å²) in [4.78, 5) is 16.4. The second-order valence-electron chi connectivity index (χ2n) is 5.63. The molecule has 2 heterocycles. The Kier molecular flexibility index (Phi) is 3.19. The third kappa shape index (κ3) is 2.21. The number of carbonyl (C=O) groups excluding carboxylic acids is 1. The fourth-order valence-corrected chi connectivity index (χ4v) is 3.07. The fourth-order valence-electron chi connectivity index (χ4n) is 3.07. The monoisotopic (exact) mass is 259 g/mol. The maximum Gasteiger partial charge on any atom is 0.245 e. The van der Waals surface area contributed by atoms with Gasteiger partial charge < -0.3 is 15.1 Å². The van der Waals surface area contributed by atoms with Gasteiger partial charge in [0.15, 0.2) is 0 Å². The van der Waals surface area contributed by atoms with Crippen LogP contribution in [-0.2, 0) is 11.3 Å². The van der Waals surface area contributed by atoms with Gasteiger partial charge in [-0.2, -0.15) is 0 Å². The number of benzene rings is 1. The smallest absolute Gasteiger partial charge is 0.245 e. The summed E-state index contributed by atoms with van der Waals surface area (Å²) >= 11 is 0. The Balaban J connectivity index is 1.97. The van der Waals surface area contributed by atoms with E-state index in [1.165, 1.54) is 11.3 Å². The van der Waals surface area contributed by atoms with Gasteiger partial charge in [-0.25, -0.2) is 0 Å². The van der Waals surface area contributed by atoms with E-state index in [0.29, 0.717) is 6.04 Å². The Labute approximate surface area is 114 Å². The predicted molar refractivity (Wildman–Crippen MR) is 76.1 cm³/mol. The van der Waals surface area contributed by atoms with E-state index < -0.39 is 0 Å². The van der Waals surface area contributed by atoms with E-state index >= 15 is 0 Å².